The normalized spacial score (nSPS) is 8.89. The zero-order chi connectivity index (χ0) is 5.86. The van der Waals surface area contributed by atoms with Crippen molar-refractivity contribution in [3.8, 4) is 0 Å². The molecule has 0 spiro atoms. The Balaban J connectivity index is -0.000000180. The minimum absolute atomic E-state index is 0. The molecule has 3 heteroatoms. The van der Waals surface area contributed by atoms with Gasteiger partial charge in [-0.05, 0) is 0 Å². The Morgan fingerprint density at radius 2 is 1.78 bits per heavy atom. The zero-order valence-corrected chi connectivity index (χ0v) is 13.7. The predicted molar refractivity (Wildman–Crippen MR) is 32.0 cm³/mol. The summed E-state index contributed by atoms with van der Waals surface area (Å²) in [5.74, 6) is 0. The molecule has 1 nitrogen and oxygen atoms in total. The van der Waals surface area contributed by atoms with Gasteiger partial charge in [0.05, 0.1) is 0 Å². The second kappa shape index (κ2) is 9.75. The van der Waals surface area contributed by atoms with E-state index in [4.69, 9.17) is 6.58 Å². The fourth-order valence-electron chi connectivity index (χ4n) is 0.301. The summed E-state index contributed by atoms with van der Waals surface area (Å²) in [6, 6.07) is 0. The molecule has 1 radical (unpaired) electrons. The molecule has 47 valence electrons. The van der Waals surface area contributed by atoms with Crippen molar-refractivity contribution in [1.29, 1.82) is 0 Å². The summed E-state index contributed by atoms with van der Waals surface area (Å²) < 4.78 is 0. The van der Waals surface area contributed by atoms with Crippen LogP contribution in [-0.2, 0) is 20.4 Å². The molecule has 0 aromatic rings. The summed E-state index contributed by atoms with van der Waals surface area (Å²) >= 11 is 0. The van der Waals surface area contributed by atoms with E-state index in [2.05, 4.69) is 11.9 Å². The summed E-state index contributed by atoms with van der Waals surface area (Å²) in [5.41, 5.74) is 1.31. The summed E-state index contributed by atoms with van der Waals surface area (Å²) in [6.45, 7) is 12.2. The molecule has 0 saturated heterocycles. The Bertz CT molecular complexity index is 106. The molecule has 0 rings (SSSR count). The van der Waals surface area contributed by atoms with E-state index < -0.39 is 0 Å². The predicted octanol–water partition coefficient (Wildman–Crippen LogP) is -1.38. The van der Waals surface area contributed by atoms with Crippen LogP contribution in [0.3, 0.4) is 0 Å². The standard InChI is InChI=1S/C6H9N.Rb.Re/c1-5(2)7-6(3)4;;/h1H,3H2,2,4H3;;/q-2;+1;. The molecule has 0 atom stereocenters. The summed E-state index contributed by atoms with van der Waals surface area (Å²) in [5, 5.41) is 0. The SMILES string of the molecule is [CH-]=C(C)N=C([CH2-])C.[Rb+].[Re]. The van der Waals surface area contributed by atoms with E-state index >= 15 is 0 Å². The zero-order valence-electron chi connectivity index (χ0n) is 6.11. The summed E-state index contributed by atoms with van der Waals surface area (Å²) in [4.78, 5) is 3.78. The molecule has 0 aliphatic carbocycles. The van der Waals surface area contributed by atoms with E-state index in [1.807, 2.05) is 0 Å². The molecule has 0 aromatic heterocycles. The molecular formula is C6H9NRbRe-. The van der Waals surface area contributed by atoms with Crippen LogP contribution in [0.4, 0.5) is 0 Å². The second-order valence-corrected chi connectivity index (χ2v) is 1.49. The van der Waals surface area contributed by atoms with Crippen molar-refractivity contribution in [3.05, 3.63) is 19.2 Å². The second-order valence-electron chi connectivity index (χ2n) is 1.49. The maximum Gasteiger partial charge on any atom is 1.00 e. The van der Waals surface area contributed by atoms with Gasteiger partial charge in [0.25, 0.3) is 0 Å². The number of hydrogen-bond acceptors (Lipinski definition) is 1. The third-order valence-corrected chi connectivity index (χ3v) is 0.367. The fraction of sp³-hybridized carbons (Fsp3) is 0.333. The van der Waals surface area contributed by atoms with Crippen LogP contribution in [0.5, 0.6) is 0 Å². The van der Waals surface area contributed by atoms with Crippen LogP contribution >= 0.6 is 0 Å². The van der Waals surface area contributed by atoms with Crippen LogP contribution < -0.4 is 58.2 Å². The minimum Gasteiger partial charge on any atom is -0.491 e. The largest absolute Gasteiger partial charge is 1.00 e. The van der Waals surface area contributed by atoms with Crippen LogP contribution in [0.2, 0.25) is 0 Å². The first-order valence-electron chi connectivity index (χ1n) is 2.09. The summed E-state index contributed by atoms with van der Waals surface area (Å²) in [6.07, 6.45) is 0. The number of nitrogens with zero attached hydrogens (tertiary/aromatic N) is 1. The van der Waals surface area contributed by atoms with Gasteiger partial charge in [0.1, 0.15) is 0 Å². The van der Waals surface area contributed by atoms with Gasteiger partial charge in [0.15, 0.2) is 0 Å². The molecule has 0 bridgehead atoms. The molecule has 0 unspecified atom stereocenters. The molecule has 0 aliphatic heterocycles. The molecule has 0 aliphatic rings. The quantitative estimate of drug-likeness (QED) is 0.401. The van der Waals surface area contributed by atoms with E-state index in [-0.39, 0.29) is 78.6 Å². The Labute approximate surface area is 120 Å². The van der Waals surface area contributed by atoms with Crippen LogP contribution in [0.15, 0.2) is 10.7 Å². The number of aliphatic imine (C=N–C) groups is 1. The molecule has 0 aromatic carbocycles. The van der Waals surface area contributed by atoms with Gasteiger partial charge in [-0.25, -0.2) is 0 Å². The Morgan fingerprint density at radius 1 is 1.44 bits per heavy atom. The van der Waals surface area contributed by atoms with Crippen molar-refractivity contribution in [2.24, 2.45) is 4.99 Å². The van der Waals surface area contributed by atoms with Crippen LogP contribution in [-0.4, -0.2) is 5.71 Å². The van der Waals surface area contributed by atoms with Crippen molar-refractivity contribution in [1.82, 2.24) is 0 Å². The third-order valence-electron chi connectivity index (χ3n) is 0.367. The number of allylic oxidation sites excluding steroid dienone is 1. The van der Waals surface area contributed by atoms with Crippen LogP contribution in [0.25, 0.3) is 0 Å². The molecule has 9 heavy (non-hydrogen) atoms. The third kappa shape index (κ3) is 17.7. The number of rotatable bonds is 1. The summed E-state index contributed by atoms with van der Waals surface area (Å²) in [7, 11) is 0. The smallest absolute Gasteiger partial charge is 0.491 e. The first-order valence-corrected chi connectivity index (χ1v) is 2.09. The minimum atomic E-state index is 0. The van der Waals surface area contributed by atoms with Gasteiger partial charge in [0.2, 0.25) is 0 Å². The molecule has 0 heterocycles. The first-order chi connectivity index (χ1) is 3.13. The van der Waals surface area contributed by atoms with Gasteiger partial charge in [-0.1, -0.05) is 13.8 Å². The van der Waals surface area contributed by atoms with E-state index in [0.29, 0.717) is 5.70 Å². The van der Waals surface area contributed by atoms with Gasteiger partial charge in [0, 0.05) is 20.4 Å². The van der Waals surface area contributed by atoms with Gasteiger partial charge in [-0.15, -0.1) is 5.71 Å². The van der Waals surface area contributed by atoms with Gasteiger partial charge < -0.3 is 18.5 Å². The topological polar surface area (TPSA) is 12.4 Å². The average molecular weight is 367 g/mol. The van der Waals surface area contributed by atoms with Gasteiger partial charge in [-0.3, -0.25) is 0 Å². The van der Waals surface area contributed by atoms with Crippen molar-refractivity contribution in [3.63, 3.8) is 0 Å². The molecule has 0 amide bonds. The maximum atomic E-state index is 5.18. The Kier molecular flexibility index (Phi) is 18.4. The van der Waals surface area contributed by atoms with Gasteiger partial charge in [-0.2, -0.15) is 5.70 Å². The van der Waals surface area contributed by atoms with Crippen molar-refractivity contribution >= 4 is 5.71 Å². The monoisotopic (exact) mass is 367 g/mol. The molecule has 0 fully saturated rings. The van der Waals surface area contributed by atoms with Crippen LogP contribution in [0, 0.1) is 13.5 Å². The van der Waals surface area contributed by atoms with E-state index in [1.165, 1.54) is 0 Å². The maximum absolute atomic E-state index is 5.18. The van der Waals surface area contributed by atoms with Crippen molar-refractivity contribution in [2.45, 2.75) is 13.8 Å². The van der Waals surface area contributed by atoms with Crippen molar-refractivity contribution < 1.29 is 78.6 Å². The average Bonchev–Trinajstić information content (AvgIpc) is 1.27. The van der Waals surface area contributed by atoms with E-state index in [9.17, 15) is 0 Å². The molecule has 0 N–H and O–H groups in total. The van der Waals surface area contributed by atoms with Crippen molar-refractivity contribution in [2.75, 3.05) is 0 Å². The van der Waals surface area contributed by atoms with E-state index in [0.717, 1.165) is 5.71 Å². The Hall–Kier alpha value is 1.75. The van der Waals surface area contributed by atoms with Gasteiger partial charge >= 0.3 is 58.2 Å². The first kappa shape index (κ1) is 17.0. The Morgan fingerprint density at radius 3 is 1.78 bits per heavy atom. The van der Waals surface area contributed by atoms with Crippen LogP contribution in [0.1, 0.15) is 13.8 Å². The fourth-order valence-corrected chi connectivity index (χ4v) is 0.301. The van der Waals surface area contributed by atoms with E-state index in [1.54, 1.807) is 13.8 Å². The molecule has 0 saturated carbocycles. The number of hydrogen-bond donors (Lipinski definition) is 0. The molecular weight excluding hydrogens is 358 g/mol.